The molecule has 2 rings (SSSR count). The van der Waals surface area contributed by atoms with Crippen molar-refractivity contribution >= 4 is 15.7 Å². The van der Waals surface area contributed by atoms with Crippen LogP contribution in [0.25, 0.3) is 0 Å². The van der Waals surface area contributed by atoms with Crippen LogP contribution in [0, 0.1) is 0 Å². The van der Waals surface area contributed by atoms with Gasteiger partial charge in [-0.05, 0) is 12.1 Å². The number of rotatable bonds is 5. The zero-order chi connectivity index (χ0) is 13.0. The largest absolute Gasteiger partial charge is 0.329 e. The van der Waals surface area contributed by atoms with Crippen molar-refractivity contribution in [1.82, 2.24) is 14.8 Å². The first-order valence-corrected chi connectivity index (χ1v) is 6.75. The van der Waals surface area contributed by atoms with E-state index in [0.29, 0.717) is 18.8 Å². The van der Waals surface area contributed by atoms with Crippen LogP contribution in [0.2, 0.25) is 0 Å². The number of hydrogen-bond donors (Lipinski definition) is 2. The van der Waals surface area contributed by atoms with E-state index in [2.05, 4.69) is 14.8 Å². The minimum absolute atomic E-state index is 0.104. The quantitative estimate of drug-likeness (QED) is 0.796. The molecule has 0 aromatic carbocycles. The summed E-state index contributed by atoms with van der Waals surface area (Å²) in [4.78, 5) is 3.92. The van der Waals surface area contributed by atoms with Gasteiger partial charge in [0.05, 0.1) is 18.4 Å². The zero-order valence-electron chi connectivity index (χ0n) is 9.52. The topological polar surface area (TPSA) is 103 Å². The summed E-state index contributed by atoms with van der Waals surface area (Å²) < 4.78 is 27.9. The molecule has 0 aliphatic rings. The van der Waals surface area contributed by atoms with Gasteiger partial charge in [-0.3, -0.25) is 14.4 Å². The van der Waals surface area contributed by atoms with Crippen molar-refractivity contribution in [3.05, 3.63) is 36.9 Å². The Morgan fingerprint density at radius 1 is 1.33 bits per heavy atom. The first-order valence-electron chi connectivity index (χ1n) is 5.27. The van der Waals surface area contributed by atoms with Gasteiger partial charge in [0.15, 0.2) is 0 Å². The summed E-state index contributed by atoms with van der Waals surface area (Å²) in [7, 11) is -3.61. The summed E-state index contributed by atoms with van der Waals surface area (Å²) in [5.41, 5.74) is 5.82. The van der Waals surface area contributed by atoms with Crippen LogP contribution in [-0.4, -0.2) is 29.7 Å². The lowest BCUT2D eigenvalue weighted by atomic mass is 10.4. The molecule has 0 unspecified atom stereocenters. The molecule has 0 bridgehead atoms. The first kappa shape index (κ1) is 12.5. The van der Waals surface area contributed by atoms with Gasteiger partial charge in [0, 0.05) is 25.1 Å². The molecule has 2 aromatic rings. The fourth-order valence-electron chi connectivity index (χ4n) is 1.37. The average molecular weight is 267 g/mol. The SMILES string of the molecule is NCCn1cc(S(=O)(=O)Nc2ccncc2)cn1. The Kier molecular flexibility index (Phi) is 3.58. The summed E-state index contributed by atoms with van der Waals surface area (Å²) in [6, 6.07) is 3.14. The molecule has 0 atom stereocenters. The number of nitrogens with one attached hydrogen (secondary N) is 1. The lowest BCUT2D eigenvalue weighted by Crippen LogP contribution is -2.13. The second kappa shape index (κ2) is 5.15. The van der Waals surface area contributed by atoms with E-state index in [4.69, 9.17) is 5.73 Å². The van der Waals surface area contributed by atoms with E-state index >= 15 is 0 Å². The molecular formula is C10H13N5O2S. The van der Waals surface area contributed by atoms with Crippen LogP contribution < -0.4 is 10.5 Å². The predicted octanol–water partition coefficient (Wildman–Crippen LogP) is 0.0376. The summed E-state index contributed by atoms with van der Waals surface area (Å²) in [5.74, 6) is 0. The Labute approximate surface area is 105 Å². The Hall–Kier alpha value is -1.93. The molecule has 0 amide bonds. The Bertz CT molecular complexity index is 608. The van der Waals surface area contributed by atoms with Gasteiger partial charge >= 0.3 is 0 Å². The Balaban J connectivity index is 2.20. The van der Waals surface area contributed by atoms with Gasteiger partial charge in [-0.1, -0.05) is 0 Å². The Morgan fingerprint density at radius 2 is 2.06 bits per heavy atom. The average Bonchev–Trinajstić information content (AvgIpc) is 2.80. The second-order valence-electron chi connectivity index (χ2n) is 3.57. The van der Waals surface area contributed by atoms with Crippen molar-refractivity contribution in [3.63, 3.8) is 0 Å². The van der Waals surface area contributed by atoms with E-state index in [-0.39, 0.29) is 4.90 Å². The van der Waals surface area contributed by atoms with Crippen molar-refractivity contribution in [2.24, 2.45) is 5.73 Å². The van der Waals surface area contributed by atoms with E-state index in [1.54, 1.807) is 12.1 Å². The molecule has 0 aliphatic carbocycles. The monoisotopic (exact) mass is 267 g/mol. The highest BCUT2D eigenvalue weighted by atomic mass is 32.2. The van der Waals surface area contributed by atoms with Gasteiger partial charge in [-0.15, -0.1) is 0 Å². The van der Waals surface area contributed by atoms with Crippen LogP contribution in [0.3, 0.4) is 0 Å². The molecule has 7 nitrogen and oxygen atoms in total. The van der Waals surface area contributed by atoms with Crippen molar-refractivity contribution in [1.29, 1.82) is 0 Å². The maximum absolute atomic E-state index is 12.0. The first-order chi connectivity index (χ1) is 8.62. The van der Waals surface area contributed by atoms with Crippen molar-refractivity contribution in [2.45, 2.75) is 11.4 Å². The van der Waals surface area contributed by atoms with E-state index in [0.717, 1.165) is 0 Å². The van der Waals surface area contributed by atoms with Gasteiger partial charge in [0.2, 0.25) is 0 Å². The number of nitrogens with two attached hydrogens (primary N) is 1. The lowest BCUT2D eigenvalue weighted by Gasteiger charge is -2.04. The van der Waals surface area contributed by atoms with Gasteiger partial charge in [0.25, 0.3) is 10.0 Å². The van der Waals surface area contributed by atoms with Gasteiger partial charge in [-0.25, -0.2) is 8.42 Å². The number of sulfonamides is 1. The molecule has 2 heterocycles. The third kappa shape index (κ3) is 2.84. The number of aromatic nitrogens is 3. The molecular weight excluding hydrogens is 254 g/mol. The predicted molar refractivity (Wildman–Crippen MR) is 66.3 cm³/mol. The summed E-state index contributed by atoms with van der Waals surface area (Å²) in [6.45, 7) is 0.879. The Morgan fingerprint density at radius 3 is 2.72 bits per heavy atom. The summed E-state index contributed by atoms with van der Waals surface area (Å²) >= 11 is 0. The maximum Gasteiger partial charge on any atom is 0.265 e. The van der Waals surface area contributed by atoms with Gasteiger partial charge < -0.3 is 5.73 Å². The summed E-state index contributed by atoms with van der Waals surface area (Å²) in [6.07, 6.45) is 5.75. The van der Waals surface area contributed by atoms with Crippen LogP contribution in [-0.2, 0) is 16.6 Å². The van der Waals surface area contributed by atoms with Crippen LogP contribution in [0.1, 0.15) is 0 Å². The minimum Gasteiger partial charge on any atom is -0.329 e. The highest BCUT2D eigenvalue weighted by Crippen LogP contribution is 2.13. The molecule has 0 aliphatic heterocycles. The van der Waals surface area contributed by atoms with Crippen molar-refractivity contribution in [3.8, 4) is 0 Å². The molecule has 2 aromatic heterocycles. The number of nitrogens with zero attached hydrogens (tertiary/aromatic N) is 3. The van der Waals surface area contributed by atoms with Crippen molar-refractivity contribution < 1.29 is 8.42 Å². The molecule has 0 spiro atoms. The van der Waals surface area contributed by atoms with Crippen LogP contribution >= 0.6 is 0 Å². The minimum atomic E-state index is -3.61. The highest BCUT2D eigenvalue weighted by Gasteiger charge is 2.16. The molecule has 18 heavy (non-hydrogen) atoms. The lowest BCUT2D eigenvalue weighted by molar-refractivity contribution is 0.599. The maximum atomic E-state index is 12.0. The molecule has 0 saturated carbocycles. The van der Waals surface area contributed by atoms with E-state index in [1.165, 1.54) is 29.5 Å². The summed E-state index contributed by atoms with van der Waals surface area (Å²) in [5, 5.41) is 3.92. The number of pyridine rings is 1. The highest BCUT2D eigenvalue weighted by molar-refractivity contribution is 7.92. The molecule has 96 valence electrons. The van der Waals surface area contributed by atoms with Gasteiger partial charge in [-0.2, -0.15) is 5.10 Å². The molecule has 0 radical (unpaired) electrons. The van der Waals surface area contributed by atoms with E-state index in [1.807, 2.05) is 0 Å². The van der Waals surface area contributed by atoms with Crippen molar-refractivity contribution in [2.75, 3.05) is 11.3 Å². The number of anilines is 1. The third-order valence-corrected chi connectivity index (χ3v) is 3.55. The van der Waals surface area contributed by atoms with Gasteiger partial charge in [0.1, 0.15) is 4.90 Å². The second-order valence-corrected chi connectivity index (χ2v) is 5.25. The van der Waals surface area contributed by atoms with E-state index < -0.39 is 10.0 Å². The smallest absolute Gasteiger partial charge is 0.265 e. The fraction of sp³-hybridized carbons (Fsp3) is 0.200. The third-order valence-electron chi connectivity index (χ3n) is 2.21. The fourth-order valence-corrected chi connectivity index (χ4v) is 2.38. The van der Waals surface area contributed by atoms with Crippen LogP contribution in [0.15, 0.2) is 41.8 Å². The van der Waals surface area contributed by atoms with Crippen LogP contribution in [0.4, 0.5) is 5.69 Å². The van der Waals surface area contributed by atoms with E-state index in [9.17, 15) is 8.42 Å². The molecule has 0 saturated heterocycles. The van der Waals surface area contributed by atoms with Crippen LogP contribution in [0.5, 0.6) is 0 Å². The normalized spacial score (nSPS) is 11.4. The zero-order valence-corrected chi connectivity index (χ0v) is 10.3. The number of hydrogen-bond acceptors (Lipinski definition) is 5. The standard InChI is InChI=1S/C10H13N5O2S/c11-3-6-15-8-10(7-13-15)18(16,17)14-9-1-4-12-5-2-9/h1-2,4-5,7-8H,3,6,11H2,(H,12,14). The molecule has 8 heteroatoms. The molecule has 3 N–H and O–H groups in total. The molecule has 0 fully saturated rings.